The second-order valence-corrected chi connectivity index (χ2v) is 7.80. The zero-order valence-electron chi connectivity index (χ0n) is 14.7. The summed E-state index contributed by atoms with van der Waals surface area (Å²) in [4.78, 5) is 15.7. The molecular formula is C19H30N2OS. The first-order chi connectivity index (χ1) is 11.0. The Morgan fingerprint density at radius 3 is 2.78 bits per heavy atom. The Hall–Kier alpha value is -1.00. The maximum Gasteiger partial charge on any atom is 0.230 e. The highest BCUT2D eigenvalue weighted by molar-refractivity contribution is 8.00. The normalized spacial score (nSPS) is 16.5. The minimum absolute atomic E-state index is 0.142. The molecule has 1 heterocycles. The fourth-order valence-electron chi connectivity index (χ4n) is 2.87. The molecule has 1 aliphatic heterocycles. The van der Waals surface area contributed by atoms with E-state index in [1.165, 1.54) is 42.0 Å². The number of likely N-dealkylation sites (tertiary alicyclic amines) is 1. The Kier molecular flexibility index (Phi) is 7.44. The molecule has 128 valence electrons. The molecule has 1 aromatic carbocycles. The molecule has 0 saturated carbocycles. The molecule has 1 N–H and O–H groups in total. The third kappa shape index (κ3) is 6.56. The summed E-state index contributed by atoms with van der Waals surface area (Å²) in [6.07, 6.45) is 3.69. The third-order valence-corrected chi connectivity index (χ3v) is 5.71. The quantitative estimate of drug-likeness (QED) is 0.610. The van der Waals surface area contributed by atoms with Crippen LogP contribution in [0.1, 0.15) is 37.3 Å². The van der Waals surface area contributed by atoms with Crippen LogP contribution in [-0.4, -0.2) is 42.7 Å². The van der Waals surface area contributed by atoms with Crippen LogP contribution in [0.15, 0.2) is 23.1 Å². The summed E-state index contributed by atoms with van der Waals surface area (Å²) in [5.41, 5.74) is 2.49. The van der Waals surface area contributed by atoms with Crippen LogP contribution in [0.25, 0.3) is 0 Å². The number of benzene rings is 1. The lowest BCUT2D eigenvalue weighted by Crippen LogP contribution is -2.35. The SMILES string of the molecule is Cc1ccc(C)c(SCC(=O)NCCCN2CCC(C)CC2)c1. The van der Waals surface area contributed by atoms with Crippen molar-refractivity contribution in [2.45, 2.75) is 44.9 Å². The fraction of sp³-hybridized carbons (Fsp3) is 0.632. The molecule has 0 aromatic heterocycles. The summed E-state index contributed by atoms with van der Waals surface area (Å²) in [5.74, 6) is 1.53. The monoisotopic (exact) mass is 334 g/mol. The molecule has 23 heavy (non-hydrogen) atoms. The smallest absolute Gasteiger partial charge is 0.230 e. The van der Waals surface area contributed by atoms with Crippen LogP contribution in [-0.2, 0) is 4.79 Å². The van der Waals surface area contributed by atoms with E-state index in [1.807, 2.05) is 0 Å². The van der Waals surface area contributed by atoms with E-state index in [4.69, 9.17) is 0 Å². The van der Waals surface area contributed by atoms with Gasteiger partial charge in [0.25, 0.3) is 0 Å². The van der Waals surface area contributed by atoms with Crippen molar-refractivity contribution < 1.29 is 4.79 Å². The van der Waals surface area contributed by atoms with E-state index >= 15 is 0 Å². The van der Waals surface area contributed by atoms with Gasteiger partial charge in [-0.15, -0.1) is 11.8 Å². The number of thioether (sulfide) groups is 1. The van der Waals surface area contributed by atoms with Gasteiger partial charge >= 0.3 is 0 Å². The van der Waals surface area contributed by atoms with Gasteiger partial charge in [-0.3, -0.25) is 4.79 Å². The number of piperidine rings is 1. The number of amides is 1. The van der Waals surface area contributed by atoms with Crippen LogP contribution in [0.5, 0.6) is 0 Å². The van der Waals surface area contributed by atoms with E-state index in [-0.39, 0.29) is 5.91 Å². The predicted molar refractivity (Wildman–Crippen MR) is 99.1 cm³/mol. The Labute approximate surface area is 145 Å². The number of carbonyl (C=O) groups excluding carboxylic acids is 1. The van der Waals surface area contributed by atoms with Gasteiger partial charge in [-0.1, -0.05) is 24.6 Å². The first-order valence-corrected chi connectivity index (χ1v) is 9.72. The van der Waals surface area contributed by atoms with Gasteiger partial charge in [0.15, 0.2) is 0 Å². The summed E-state index contributed by atoms with van der Waals surface area (Å²) in [7, 11) is 0. The van der Waals surface area contributed by atoms with Crippen molar-refractivity contribution in [3.05, 3.63) is 29.3 Å². The standard InChI is InChI=1S/C19H30N2OS/c1-15-7-11-21(12-8-15)10-4-9-20-19(22)14-23-18-13-16(2)5-6-17(18)3/h5-6,13,15H,4,7-12,14H2,1-3H3,(H,20,22). The number of rotatable bonds is 7. The van der Waals surface area contributed by atoms with Gasteiger partial charge in [-0.05, 0) is 70.3 Å². The van der Waals surface area contributed by atoms with Crippen molar-refractivity contribution in [3.63, 3.8) is 0 Å². The number of aryl methyl sites for hydroxylation is 2. The zero-order chi connectivity index (χ0) is 16.7. The predicted octanol–water partition coefficient (Wildman–Crippen LogP) is 3.63. The van der Waals surface area contributed by atoms with Crippen molar-refractivity contribution in [2.24, 2.45) is 5.92 Å². The van der Waals surface area contributed by atoms with Gasteiger partial charge in [0, 0.05) is 11.4 Å². The van der Waals surface area contributed by atoms with Crippen LogP contribution in [0.3, 0.4) is 0 Å². The summed E-state index contributed by atoms with van der Waals surface area (Å²) in [6.45, 7) is 10.9. The maximum atomic E-state index is 12.0. The number of nitrogens with one attached hydrogen (secondary N) is 1. The molecule has 1 fully saturated rings. The highest BCUT2D eigenvalue weighted by Gasteiger charge is 2.14. The van der Waals surface area contributed by atoms with Crippen LogP contribution >= 0.6 is 11.8 Å². The van der Waals surface area contributed by atoms with Gasteiger partial charge in [-0.2, -0.15) is 0 Å². The average molecular weight is 335 g/mol. The highest BCUT2D eigenvalue weighted by Crippen LogP contribution is 2.23. The molecule has 1 aromatic rings. The summed E-state index contributed by atoms with van der Waals surface area (Å²) < 4.78 is 0. The first-order valence-electron chi connectivity index (χ1n) is 8.73. The molecule has 0 atom stereocenters. The molecule has 2 rings (SSSR count). The molecule has 0 radical (unpaired) electrons. The molecule has 0 unspecified atom stereocenters. The van der Waals surface area contributed by atoms with Crippen LogP contribution < -0.4 is 5.32 Å². The highest BCUT2D eigenvalue weighted by atomic mass is 32.2. The summed E-state index contributed by atoms with van der Waals surface area (Å²) in [5, 5.41) is 3.05. The second-order valence-electron chi connectivity index (χ2n) is 6.79. The van der Waals surface area contributed by atoms with E-state index < -0.39 is 0 Å². The second kappa shape index (κ2) is 9.33. The fourth-order valence-corrected chi connectivity index (χ4v) is 3.83. The topological polar surface area (TPSA) is 32.3 Å². The first kappa shape index (κ1) is 18.3. The van der Waals surface area contributed by atoms with Crippen molar-refractivity contribution in [3.8, 4) is 0 Å². The van der Waals surface area contributed by atoms with Gasteiger partial charge in [-0.25, -0.2) is 0 Å². The van der Waals surface area contributed by atoms with E-state index in [1.54, 1.807) is 11.8 Å². The lowest BCUT2D eigenvalue weighted by Gasteiger charge is -2.30. The largest absolute Gasteiger partial charge is 0.355 e. The summed E-state index contributed by atoms with van der Waals surface area (Å²) in [6, 6.07) is 6.39. The Morgan fingerprint density at radius 2 is 2.04 bits per heavy atom. The van der Waals surface area contributed by atoms with Crippen LogP contribution in [0.4, 0.5) is 0 Å². The molecular weight excluding hydrogens is 304 g/mol. The van der Waals surface area contributed by atoms with E-state index in [0.29, 0.717) is 5.75 Å². The van der Waals surface area contributed by atoms with Crippen molar-refractivity contribution in [1.29, 1.82) is 0 Å². The van der Waals surface area contributed by atoms with Crippen LogP contribution in [0.2, 0.25) is 0 Å². The van der Waals surface area contributed by atoms with Gasteiger partial charge in [0.2, 0.25) is 5.91 Å². The number of hydrogen-bond donors (Lipinski definition) is 1. The number of carbonyl (C=O) groups is 1. The van der Waals surface area contributed by atoms with Gasteiger partial charge < -0.3 is 10.2 Å². The van der Waals surface area contributed by atoms with E-state index in [2.05, 4.69) is 49.2 Å². The van der Waals surface area contributed by atoms with Gasteiger partial charge in [0.05, 0.1) is 5.75 Å². The van der Waals surface area contributed by atoms with E-state index in [0.717, 1.165) is 25.4 Å². The molecule has 1 saturated heterocycles. The van der Waals surface area contributed by atoms with Crippen LogP contribution in [0, 0.1) is 19.8 Å². The minimum atomic E-state index is 0.142. The molecule has 1 aliphatic rings. The molecule has 0 bridgehead atoms. The molecule has 3 nitrogen and oxygen atoms in total. The Bertz CT molecular complexity index is 510. The minimum Gasteiger partial charge on any atom is -0.355 e. The number of nitrogens with zero attached hydrogens (tertiary/aromatic N) is 1. The van der Waals surface area contributed by atoms with Gasteiger partial charge in [0.1, 0.15) is 0 Å². The van der Waals surface area contributed by atoms with Crippen molar-refractivity contribution in [2.75, 3.05) is 31.9 Å². The Balaban J connectivity index is 1.59. The van der Waals surface area contributed by atoms with E-state index in [9.17, 15) is 4.79 Å². The molecule has 0 spiro atoms. The molecule has 1 amide bonds. The average Bonchev–Trinajstić information content (AvgIpc) is 2.54. The number of hydrogen-bond acceptors (Lipinski definition) is 3. The molecule has 4 heteroatoms. The summed E-state index contributed by atoms with van der Waals surface area (Å²) >= 11 is 1.63. The third-order valence-electron chi connectivity index (χ3n) is 4.55. The lowest BCUT2D eigenvalue weighted by atomic mass is 9.99. The zero-order valence-corrected chi connectivity index (χ0v) is 15.5. The lowest BCUT2D eigenvalue weighted by molar-refractivity contribution is -0.118. The Morgan fingerprint density at radius 1 is 1.30 bits per heavy atom. The van der Waals surface area contributed by atoms with Crippen molar-refractivity contribution >= 4 is 17.7 Å². The van der Waals surface area contributed by atoms with Crippen molar-refractivity contribution in [1.82, 2.24) is 10.2 Å². The molecule has 0 aliphatic carbocycles. The maximum absolute atomic E-state index is 12.0.